The average Bonchev–Trinajstić information content (AvgIpc) is 2.65. The van der Waals surface area contributed by atoms with Crippen molar-refractivity contribution in [1.29, 1.82) is 0 Å². The molecule has 1 heterocycles. The highest BCUT2D eigenvalue weighted by Crippen LogP contribution is 2.19. The van der Waals surface area contributed by atoms with Crippen molar-refractivity contribution >= 4 is 15.7 Å². The smallest absolute Gasteiger partial charge is 0.221 e. The Morgan fingerprint density at radius 2 is 1.96 bits per heavy atom. The zero-order valence-corrected chi connectivity index (χ0v) is 17.6. The van der Waals surface area contributed by atoms with Crippen LogP contribution in [-0.2, 0) is 20.4 Å². The first-order valence-corrected chi connectivity index (χ1v) is 12.0. The maximum absolute atomic E-state index is 12.2. The summed E-state index contributed by atoms with van der Waals surface area (Å²) < 4.78 is 24.4. The molecule has 0 aliphatic carbocycles. The lowest BCUT2D eigenvalue weighted by Crippen LogP contribution is -2.40. The predicted molar refractivity (Wildman–Crippen MR) is 110 cm³/mol. The van der Waals surface area contributed by atoms with Crippen LogP contribution in [0.5, 0.6) is 0 Å². The first-order chi connectivity index (χ1) is 12.9. The maximum Gasteiger partial charge on any atom is 0.221 e. The van der Waals surface area contributed by atoms with Crippen molar-refractivity contribution in [3.05, 3.63) is 35.4 Å². The minimum Gasteiger partial charge on any atom is -0.356 e. The second-order valence-electron chi connectivity index (χ2n) is 7.62. The highest BCUT2D eigenvalue weighted by molar-refractivity contribution is 7.90. The molecule has 27 heavy (non-hydrogen) atoms. The largest absolute Gasteiger partial charge is 0.356 e. The quantitative estimate of drug-likeness (QED) is 0.620. The van der Waals surface area contributed by atoms with E-state index in [-0.39, 0.29) is 23.8 Å². The molecule has 0 spiro atoms. The van der Waals surface area contributed by atoms with E-state index in [1.807, 2.05) is 31.2 Å². The number of piperidine rings is 1. The van der Waals surface area contributed by atoms with Gasteiger partial charge in [0.15, 0.2) is 9.84 Å². The van der Waals surface area contributed by atoms with Crippen molar-refractivity contribution in [3.63, 3.8) is 0 Å². The SMILES string of the molecule is CC[C@H]1CCCCN1CCCNC(=O)CCS(=O)(=O)Cc1ccc(C)cc1. The van der Waals surface area contributed by atoms with Gasteiger partial charge in [-0.1, -0.05) is 43.2 Å². The summed E-state index contributed by atoms with van der Waals surface area (Å²) in [5, 5.41) is 2.87. The van der Waals surface area contributed by atoms with Gasteiger partial charge in [0, 0.05) is 25.6 Å². The number of nitrogens with one attached hydrogen (secondary N) is 1. The number of hydrogen-bond acceptors (Lipinski definition) is 4. The third-order valence-corrected chi connectivity index (χ3v) is 6.91. The number of carbonyl (C=O) groups is 1. The summed E-state index contributed by atoms with van der Waals surface area (Å²) in [5.41, 5.74) is 1.87. The number of likely N-dealkylation sites (tertiary alicyclic amines) is 1. The third kappa shape index (κ3) is 8.01. The lowest BCUT2D eigenvalue weighted by atomic mass is 10.00. The van der Waals surface area contributed by atoms with Gasteiger partial charge in [-0.25, -0.2) is 8.42 Å². The van der Waals surface area contributed by atoms with Crippen molar-refractivity contribution in [2.45, 2.75) is 64.2 Å². The molecule has 0 unspecified atom stereocenters. The number of amides is 1. The Labute approximate surface area is 164 Å². The van der Waals surface area contributed by atoms with E-state index in [9.17, 15) is 13.2 Å². The number of nitrogens with zero attached hydrogens (tertiary/aromatic N) is 1. The van der Waals surface area contributed by atoms with Gasteiger partial charge in [-0.05, 0) is 44.7 Å². The fraction of sp³-hybridized carbons (Fsp3) is 0.667. The van der Waals surface area contributed by atoms with Crippen LogP contribution in [0.3, 0.4) is 0 Å². The van der Waals surface area contributed by atoms with Crippen LogP contribution >= 0.6 is 0 Å². The van der Waals surface area contributed by atoms with E-state index in [4.69, 9.17) is 0 Å². The van der Waals surface area contributed by atoms with E-state index >= 15 is 0 Å². The van der Waals surface area contributed by atoms with Gasteiger partial charge in [0.05, 0.1) is 11.5 Å². The molecule has 0 aromatic heterocycles. The zero-order chi connectivity index (χ0) is 19.7. The Balaban J connectivity index is 1.64. The normalized spacial score (nSPS) is 18.4. The van der Waals surface area contributed by atoms with E-state index < -0.39 is 9.84 Å². The van der Waals surface area contributed by atoms with Crippen LogP contribution in [0.15, 0.2) is 24.3 Å². The van der Waals surface area contributed by atoms with Gasteiger partial charge in [0.2, 0.25) is 5.91 Å². The fourth-order valence-corrected chi connectivity index (χ4v) is 5.01. The van der Waals surface area contributed by atoms with Gasteiger partial charge >= 0.3 is 0 Å². The molecule has 1 aliphatic rings. The maximum atomic E-state index is 12.2. The summed E-state index contributed by atoms with van der Waals surface area (Å²) in [4.78, 5) is 14.5. The molecule has 1 saturated heterocycles. The summed E-state index contributed by atoms with van der Waals surface area (Å²) >= 11 is 0. The highest BCUT2D eigenvalue weighted by atomic mass is 32.2. The van der Waals surface area contributed by atoms with Crippen LogP contribution in [0, 0.1) is 6.92 Å². The van der Waals surface area contributed by atoms with Gasteiger partial charge in [0.25, 0.3) is 0 Å². The van der Waals surface area contributed by atoms with E-state index in [0.29, 0.717) is 12.6 Å². The molecule has 1 aromatic rings. The van der Waals surface area contributed by atoms with Crippen molar-refractivity contribution < 1.29 is 13.2 Å². The van der Waals surface area contributed by atoms with Crippen LogP contribution in [0.2, 0.25) is 0 Å². The minimum atomic E-state index is -3.27. The topological polar surface area (TPSA) is 66.5 Å². The number of aryl methyl sites for hydroxylation is 1. The molecule has 0 bridgehead atoms. The Morgan fingerprint density at radius 3 is 2.67 bits per heavy atom. The van der Waals surface area contributed by atoms with Crippen LogP contribution in [0.1, 0.15) is 56.6 Å². The Kier molecular flexibility index (Phi) is 8.77. The summed E-state index contributed by atoms with van der Waals surface area (Å²) in [6, 6.07) is 8.15. The summed E-state index contributed by atoms with van der Waals surface area (Å²) in [6.07, 6.45) is 6.01. The monoisotopic (exact) mass is 394 g/mol. The van der Waals surface area contributed by atoms with Crippen molar-refractivity contribution in [2.24, 2.45) is 0 Å². The molecule has 1 atom stereocenters. The Hall–Kier alpha value is -1.40. The Bertz CT molecular complexity index is 686. The van der Waals surface area contributed by atoms with E-state index in [0.717, 1.165) is 30.6 Å². The summed E-state index contributed by atoms with van der Waals surface area (Å²) in [7, 11) is -3.27. The first kappa shape index (κ1) is 21.9. The predicted octanol–water partition coefficient (Wildman–Crippen LogP) is 3.07. The third-order valence-electron chi connectivity index (χ3n) is 5.31. The average molecular weight is 395 g/mol. The number of rotatable bonds is 10. The van der Waals surface area contributed by atoms with Crippen LogP contribution in [0.25, 0.3) is 0 Å². The van der Waals surface area contributed by atoms with Gasteiger partial charge in [-0.2, -0.15) is 0 Å². The molecule has 0 saturated carbocycles. The zero-order valence-electron chi connectivity index (χ0n) is 16.7. The van der Waals surface area contributed by atoms with Crippen molar-refractivity contribution in [3.8, 4) is 0 Å². The molecule has 5 nitrogen and oxygen atoms in total. The fourth-order valence-electron chi connectivity index (χ4n) is 3.67. The van der Waals surface area contributed by atoms with E-state index in [1.165, 1.54) is 25.7 Å². The first-order valence-electron chi connectivity index (χ1n) is 10.2. The van der Waals surface area contributed by atoms with Gasteiger partial charge in [0.1, 0.15) is 0 Å². The molecular formula is C21H34N2O3S. The molecule has 6 heteroatoms. The standard InChI is InChI=1S/C21H34N2O3S/c1-3-20-7-4-5-14-23(20)15-6-13-22-21(24)12-16-27(25,26)17-19-10-8-18(2)9-11-19/h8-11,20H,3-7,12-17H2,1-2H3,(H,22,24)/t20-/m0/s1. The second kappa shape index (κ2) is 10.8. The molecule has 1 fully saturated rings. The molecule has 2 rings (SSSR count). The van der Waals surface area contributed by atoms with Crippen LogP contribution < -0.4 is 5.32 Å². The molecule has 0 radical (unpaired) electrons. The van der Waals surface area contributed by atoms with Crippen molar-refractivity contribution in [2.75, 3.05) is 25.4 Å². The molecule has 1 N–H and O–H groups in total. The van der Waals surface area contributed by atoms with E-state index in [1.54, 1.807) is 0 Å². The number of carbonyl (C=O) groups excluding carboxylic acids is 1. The second-order valence-corrected chi connectivity index (χ2v) is 9.81. The molecule has 1 aliphatic heterocycles. The molecular weight excluding hydrogens is 360 g/mol. The minimum absolute atomic E-state index is 0.00603. The number of sulfone groups is 1. The highest BCUT2D eigenvalue weighted by Gasteiger charge is 2.20. The summed E-state index contributed by atoms with van der Waals surface area (Å²) in [6.45, 7) is 6.98. The molecule has 152 valence electrons. The van der Waals surface area contributed by atoms with Crippen LogP contribution in [0.4, 0.5) is 0 Å². The number of hydrogen-bond donors (Lipinski definition) is 1. The molecule has 1 amide bonds. The van der Waals surface area contributed by atoms with Gasteiger partial charge in [-0.15, -0.1) is 0 Å². The van der Waals surface area contributed by atoms with Gasteiger partial charge < -0.3 is 10.2 Å². The van der Waals surface area contributed by atoms with E-state index in [2.05, 4.69) is 17.1 Å². The lowest BCUT2D eigenvalue weighted by Gasteiger charge is -2.35. The van der Waals surface area contributed by atoms with Gasteiger partial charge in [-0.3, -0.25) is 4.79 Å². The Morgan fingerprint density at radius 1 is 1.22 bits per heavy atom. The summed E-state index contributed by atoms with van der Waals surface area (Å²) in [5.74, 6) is -0.279. The number of benzene rings is 1. The van der Waals surface area contributed by atoms with Crippen LogP contribution in [-0.4, -0.2) is 50.7 Å². The van der Waals surface area contributed by atoms with Crippen molar-refractivity contribution in [1.82, 2.24) is 10.2 Å². The lowest BCUT2D eigenvalue weighted by molar-refractivity contribution is -0.120. The molecule has 1 aromatic carbocycles.